The van der Waals surface area contributed by atoms with E-state index in [1.54, 1.807) is 27.7 Å². The van der Waals surface area contributed by atoms with Gasteiger partial charge in [0.15, 0.2) is 0 Å². The maximum atomic E-state index is 13.5. The second-order valence-electron chi connectivity index (χ2n) is 15.3. The lowest BCUT2D eigenvalue weighted by atomic mass is 10.0. The molecule has 0 aromatic heterocycles. The second-order valence-corrected chi connectivity index (χ2v) is 15.3. The molecular weight excluding hydrogens is 766 g/mol. The lowest BCUT2D eigenvalue weighted by Crippen LogP contribution is -2.61. The third kappa shape index (κ3) is 18.3. The molecule has 0 spiro atoms. The standard InChI is InChI=1S/C36H61N9O13/c1-16(2)13-23(42-32(53)22(10-11-26(37)47)41-31(52)21-9-8-12-38-21)33(54)40-19(6)30(51)45-28(20(7)46)35(56)43-24(14-17(3)4)34(55)39-18(5)29(50)44-25(36(57)58)15-27(48)49/h16-25,28,38,46H,8-15H2,1-7H3,(H2,37,47)(H,39,55)(H,40,54)(H,41,52)(H,42,53)(H,43,56)(H,44,50)(H,45,51)(H,48,49)(H,57,58)/t18-,19-,20+,21-,22-,23-,24-,25-,28-/m0/s1. The molecule has 22 nitrogen and oxygen atoms in total. The van der Waals surface area contributed by atoms with Crippen molar-refractivity contribution in [3.05, 3.63) is 0 Å². The predicted molar refractivity (Wildman–Crippen MR) is 205 cm³/mol. The monoisotopic (exact) mass is 827 g/mol. The number of hydrogen-bond donors (Lipinski definition) is 12. The number of carbonyl (C=O) groups is 10. The van der Waals surface area contributed by atoms with Gasteiger partial charge in [0.05, 0.1) is 18.6 Å². The number of carbonyl (C=O) groups excluding carboxylic acids is 8. The molecular formula is C36H61N9O13. The van der Waals surface area contributed by atoms with E-state index in [4.69, 9.17) is 10.8 Å². The Hall–Kier alpha value is -5.38. The van der Waals surface area contributed by atoms with Gasteiger partial charge >= 0.3 is 11.9 Å². The Morgan fingerprint density at radius 1 is 0.621 bits per heavy atom. The summed E-state index contributed by atoms with van der Waals surface area (Å²) in [6.45, 7) is 11.3. The van der Waals surface area contributed by atoms with Gasteiger partial charge in [-0.05, 0) is 71.3 Å². The molecule has 1 aliphatic rings. The molecule has 1 aliphatic heterocycles. The van der Waals surface area contributed by atoms with Crippen molar-refractivity contribution in [3.8, 4) is 0 Å². The van der Waals surface area contributed by atoms with Crippen LogP contribution in [0.3, 0.4) is 0 Å². The zero-order valence-electron chi connectivity index (χ0n) is 34.0. The van der Waals surface area contributed by atoms with E-state index >= 15 is 0 Å². The van der Waals surface area contributed by atoms with Gasteiger partial charge in [-0.15, -0.1) is 0 Å². The summed E-state index contributed by atoms with van der Waals surface area (Å²) in [5, 5.41) is 48.5. The first-order valence-electron chi connectivity index (χ1n) is 19.2. The van der Waals surface area contributed by atoms with Crippen molar-refractivity contribution in [2.75, 3.05) is 6.54 Å². The summed E-state index contributed by atoms with van der Waals surface area (Å²) >= 11 is 0. The van der Waals surface area contributed by atoms with Crippen LogP contribution in [0.25, 0.3) is 0 Å². The fraction of sp³-hybridized carbons (Fsp3) is 0.722. The van der Waals surface area contributed by atoms with E-state index in [1.165, 1.54) is 20.8 Å². The Balaban J connectivity index is 3.06. The first kappa shape index (κ1) is 50.6. The third-order valence-corrected chi connectivity index (χ3v) is 8.93. The van der Waals surface area contributed by atoms with Crippen molar-refractivity contribution < 1.29 is 63.3 Å². The second kappa shape index (κ2) is 24.4. The van der Waals surface area contributed by atoms with Crippen LogP contribution in [0.15, 0.2) is 0 Å². The van der Waals surface area contributed by atoms with Crippen molar-refractivity contribution in [2.24, 2.45) is 17.6 Å². The summed E-state index contributed by atoms with van der Waals surface area (Å²) in [7, 11) is 0. The molecule has 1 saturated heterocycles. The number of rotatable bonds is 25. The normalized spacial score (nSPS) is 17.9. The number of nitrogens with one attached hydrogen (secondary N) is 8. The van der Waals surface area contributed by atoms with E-state index in [9.17, 15) is 58.2 Å². The fourth-order valence-corrected chi connectivity index (χ4v) is 5.79. The van der Waals surface area contributed by atoms with Gasteiger partial charge in [-0.25, -0.2) is 4.79 Å². The molecule has 0 aromatic rings. The Bertz CT molecular complexity index is 1500. The third-order valence-electron chi connectivity index (χ3n) is 8.93. The maximum Gasteiger partial charge on any atom is 0.326 e. The molecule has 22 heteroatoms. The molecule has 328 valence electrons. The van der Waals surface area contributed by atoms with E-state index in [-0.39, 0.29) is 37.5 Å². The van der Waals surface area contributed by atoms with Crippen LogP contribution in [0, 0.1) is 11.8 Å². The van der Waals surface area contributed by atoms with E-state index in [1.807, 2.05) is 5.32 Å². The highest BCUT2D eigenvalue weighted by Crippen LogP contribution is 2.11. The van der Waals surface area contributed by atoms with Crippen LogP contribution in [0.5, 0.6) is 0 Å². The first-order valence-corrected chi connectivity index (χ1v) is 19.2. The molecule has 0 aromatic carbocycles. The zero-order chi connectivity index (χ0) is 44.4. The molecule has 0 unspecified atom stereocenters. The van der Waals surface area contributed by atoms with Crippen molar-refractivity contribution >= 4 is 59.2 Å². The van der Waals surface area contributed by atoms with Gasteiger partial charge in [0.1, 0.15) is 42.3 Å². The highest BCUT2D eigenvalue weighted by molar-refractivity contribution is 5.98. The quantitative estimate of drug-likeness (QED) is 0.0425. The van der Waals surface area contributed by atoms with Crippen LogP contribution in [0.4, 0.5) is 0 Å². The van der Waals surface area contributed by atoms with Crippen LogP contribution < -0.4 is 48.3 Å². The van der Waals surface area contributed by atoms with Crippen LogP contribution >= 0.6 is 0 Å². The van der Waals surface area contributed by atoms with Gasteiger partial charge in [-0.2, -0.15) is 0 Å². The molecule has 1 rings (SSSR count). The Morgan fingerprint density at radius 3 is 1.50 bits per heavy atom. The molecule has 0 radical (unpaired) electrons. The smallest absolute Gasteiger partial charge is 0.326 e. The average molecular weight is 828 g/mol. The topological polar surface area (TPSA) is 354 Å². The SMILES string of the molecule is CC(C)C[C@H](NC(=O)[C@H](CCC(N)=O)NC(=O)[C@@H]1CCCN1)C(=O)N[C@@H](C)C(=O)N[C@H](C(=O)N[C@@H](CC(C)C)C(=O)N[C@@H](C)C(=O)N[C@@H](CC(=O)O)C(=O)O)[C@@H](C)O. The number of carboxylic acid groups (broad SMARTS) is 2. The van der Waals surface area contributed by atoms with Crippen molar-refractivity contribution in [1.29, 1.82) is 0 Å². The molecule has 1 fully saturated rings. The zero-order valence-corrected chi connectivity index (χ0v) is 34.0. The molecule has 0 saturated carbocycles. The summed E-state index contributed by atoms with van der Waals surface area (Å²) < 4.78 is 0. The highest BCUT2D eigenvalue weighted by atomic mass is 16.4. The van der Waals surface area contributed by atoms with Crippen molar-refractivity contribution in [1.82, 2.24) is 42.5 Å². The number of aliphatic hydroxyl groups excluding tert-OH is 1. The van der Waals surface area contributed by atoms with Gasteiger partial charge in [-0.3, -0.25) is 43.2 Å². The van der Waals surface area contributed by atoms with Crippen molar-refractivity contribution in [3.63, 3.8) is 0 Å². The Labute approximate surface area is 336 Å². The molecule has 0 aliphatic carbocycles. The van der Waals surface area contributed by atoms with Crippen LogP contribution in [-0.2, 0) is 47.9 Å². The number of hydrogen-bond acceptors (Lipinski definition) is 12. The van der Waals surface area contributed by atoms with Gasteiger partial charge in [-0.1, -0.05) is 27.7 Å². The minimum atomic E-state index is -1.77. The molecule has 1 heterocycles. The first-order chi connectivity index (χ1) is 26.9. The van der Waals surface area contributed by atoms with Crippen LogP contribution in [0.2, 0.25) is 0 Å². The van der Waals surface area contributed by atoms with Crippen molar-refractivity contribution in [2.45, 2.75) is 148 Å². The van der Waals surface area contributed by atoms with E-state index in [0.29, 0.717) is 13.0 Å². The lowest BCUT2D eigenvalue weighted by molar-refractivity contribution is -0.147. The molecule has 13 N–H and O–H groups in total. The van der Waals surface area contributed by atoms with E-state index < -0.39 is 120 Å². The number of primary amides is 1. The summed E-state index contributed by atoms with van der Waals surface area (Å²) in [6.07, 6.45) is -1.37. The minimum Gasteiger partial charge on any atom is -0.481 e. The Kier molecular flexibility index (Phi) is 21.3. The lowest BCUT2D eigenvalue weighted by Gasteiger charge is -2.28. The number of aliphatic hydroxyl groups is 1. The van der Waals surface area contributed by atoms with Crippen LogP contribution in [-0.4, -0.2) is 135 Å². The van der Waals surface area contributed by atoms with E-state index in [2.05, 4.69) is 37.2 Å². The van der Waals surface area contributed by atoms with E-state index in [0.717, 1.165) is 6.42 Å². The minimum absolute atomic E-state index is 0.0170. The van der Waals surface area contributed by atoms with Gasteiger partial charge in [0, 0.05) is 6.42 Å². The highest BCUT2D eigenvalue weighted by Gasteiger charge is 2.35. The predicted octanol–water partition coefficient (Wildman–Crippen LogP) is -3.53. The fourth-order valence-electron chi connectivity index (χ4n) is 5.79. The molecule has 58 heavy (non-hydrogen) atoms. The number of carboxylic acids is 2. The molecule has 9 atom stereocenters. The Morgan fingerprint density at radius 2 is 1.09 bits per heavy atom. The van der Waals surface area contributed by atoms with Crippen LogP contribution in [0.1, 0.15) is 93.4 Å². The van der Waals surface area contributed by atoms with Gasteiger partial charge in [0.2, 0.25) is 47.3 Å². The number of amides is 8. The number of nitrogens with two attached hydrogens (primary N) is 1. The van der Waals surface area contributed by atoms with Gasteiger partial charge in [0.25, 0.3) is 0 Å². The molecule has 0 bridgehead atoms. The largest absolute Gasteiger partial charge is 0.481 e. The summed E-state index contributed by atoms with van der Waals surface area (Å²) in [5.41, 5.74) is 5.28. The summed E-state index contributed by atoms with van der Waals surface area (Å²) in [5.74, 6) is -9.96. The summed E-state index contributed by atoms with van der Waals surface area (Å²) in [4.78, 5) is 126. The van der Waals surface area contributed by atoms with Gasteiger partial charge < -0.3 is 63.6 Å². The maximum absolute atomic E-state index is 13.5. The summed E-state index contributed by atoms with van der Waals surface area (Å²) in [6, 6.07) is -10.4. The average Bonchev–Trinajstić information content (AvgIpc) is 3.65. The molecule has 8 amide bonds. The number of aliphatic carboxylic acids is 2.